The van der Waals surface area contributed by atoms with Gasteiger partial charge in [-0.05, 0) is 17.8 Å². The fraction of sp³-hybridized carbons (Fsp3) is 1.00. The highest BCUT2D eigenvalue weighted by Gasteiger charge is 2.62. The van der Waals surface area contributed by atoms with Crippen molar-refractivity contribution in [1.29, 1.82) is 0 Å². The largest absolute Gasteiger partial charge is 0.376 e. The molecule has 2 unspecified atom stereocenters. The predicted molar refractivity (Wildman–Crippen MR) is 65.4 cm³/mol. The second-order valence-corrected chi connectivity index (χ2v) is 6.12. The van der Waals surface area contributed by atoms with E-state index in [1.54, 1.807) is 0 Å². The van der Waals surface area contributed by atoms with Gasteiger partial charge in [-0.2, -0.15) is 0 Å². The van der Waals surface area contributed by atoms with Crippen molar-refractivity contribution in [2.75, 3.05) is 6.61 Å². The summed E-state index contributed by atoms with van der Waals surface area (Å²) in [5, 5.41) is 0. The summed E-state index contributed by atoms with van der Waals surface area (Å²) < 4.78 is 12.0. The van der Waals surface area contributed by atoms with E-state index in [2.05, 4.69) is 34.6 Å². The van der Waals surface area contributed by atoms with Crippen LogP contribution >= 0.6 is 0 Å². The molecule has 5 atom stereocenters. The van der Waals surface area contributed by atoms with Gasteiger partial charge in [-0.1, -0.05) is 34.6 Å². The molecule has 0 aromatic rings. The number of hydrogen-bond acceptors (Lipinski definition) is 2. The molecular weight excluding hydrogens is 199 g/mol. The molecule has 0 saturated carbocycles. The highest BCUT2D eigenvalue weighted by Crippen LogP contribution is 2.52. The van der Waals surface area contributed by atoms with Crippen LogP contribution in [0.1, 0.15) is 34.6 Å². The van der Waals surface area contributed by atoms with Crippen LogP contribution in [0.25, 0.3) is 0 Å². The van der Waals surface area contributed by atoms with E-state index in [1.165, 1.54) is 0 Å². The van der Waals surface area contributed by atoms with Crippen LogP contribution in [0, 0.1) is 23.7 Å². The van der Waals surface area contributed by atoms with Gasteiger partial charge in [-0.25, -0.2) is 0 Å². The van der Waals surface area contributed by atoms with E-state index in [1.807, 2.05) is 0 Å². The molecule has 16 heavy (non-hydrogen) atoms. The summed E-state index contributed by atoms with van der Waals surface area (Å²) in [5.41, 5.74) is -0.146. The van der Waals surface area contributed by atoms with Crippen molar-refractivity contribution in [2.24, 2.45) is 23.7 Å². The molecule has 2 heterocycles. The summed E-state index contributed by atoms with van der Waals surface area (Å²) in [6.45, 7) is 12.0. The van der Waals surface area contributed by atoms with E-state index in [0.29, 0.717) is 30.3 Å². The molecule has 2 aliphatic rings. The van der Waals surface area contributed by atoms with Gasteiger partial charge in [0.05, 0.1) is 18.3 Å². The van der Waals surface area contributed by atoms with Crippen molar-refractivity contribution in [3.8, 4) is 0 Å². The highest BCUT2D eigenvalue weighted by molar-refractivity contribution is 6.11. The summed E-state index contributed by atoms with van der Waals surface area (Å²) >= 11 is 0. The molecule has 2 saturated heterocycles. The number of rotatable bonds is 3. The Labute approximate surface area is 100 Å². The first-order valence-corrected chi connectivity index (χ1v) is 6.45. The van der Waals surface area contributed by atoms with E-state index in [-0.39, 0.29) is 17.7 Å². The molecule has 0 spiro atoms. The van der Waals surface area contributed by atoms with Gasteiger partial charge in [0.25, 0.3) is 0 Å². The molecule has 3 heteroatoms. The molecule has 2 fully saturated rings. The molecule has 0 aromatic heterocycles. The summed E-state index contributed by atoms with van der Waals surface area (Å²) in [4.78, 5) is 0. The molecule has 90 valence electrons. The maximum atomic E-state index is 6.10. The van der Waals surface area contributed by atoms with E-state index < -0.39 is 0 Å². The predicted octanol–water partition coefficient (Wildman–Crippen LogP) is 2.21. The molecular formula is C13H23BO2. The summed E-state index contributed by atoms with van der Waals surface area (Å²) in [6, 6.07) is -0.234. The van der Waals surface area contributed by atoms with Gasteiger partial charge in [0, 0.05) is 11.9 Å². The van der Waals surface area contributed by atoms with Gasteiger partial charge in [-0.3, -0.25) is 0 Å². The minimum absolute atomic E-state index is 0.0983. The van der Waals surface area contributed by atoms with Crippen LogP contribution in [0.5, 0.6) is 0 Å². The monoisotopic (exact) mass is 222 g/mol. The molecule has 2 aliphatic heterocycles. The maximum absolute atomic E-state index is 6.10. The van der Waals surface area contributed by atoms with Crippen molar-refractivity contribution in [3.05, 3.63) is 0 Å². The normalized spacial score (nSPS) is 44.6. The Morgan fingerprint density at radius 2 is 1.81 bits per heavy atom. The van der Waals surface area contributed by atoms with Crippen LogP contribution in [0.2, 0.25) is 0 Å². The zero-order valence-electron chi connectivity index (χ0n) is 11.1. The lowest BCUT2D eigenvalue weighted by atomic mass is 9.69. The molecule has 2 bridgehead atoms. The third-order valence-corrected chi connectivity index (χ3v) is 4.59. The fourth-order valence-electron chi connectivity index (χ4n) is 3.49. The van der Waals surface area contributed by atoms with Crippen molar-refractivity contribution in [3.63, 3.8) is 0 Å². The van der Waals surface area contributed by atoms with Gasteiger partial charge < -0.3 is 9.47 Å². The Kier molecular flexibility index (Phi) is 3.13. The molecule has 2 radical (unpaired) electrons. The molecule has 2 rings (SSSR count). The van der Waals surface area contributed by atoms with Gasteiger partial charge in [0.2, 0.25) is 0 Å². The average Bonchev–Trinajstić information content (AvgIpc) is 2.69. The Balaban J connectivity index is 2.31. The molecule has 0 N–H and O–H groups in total. The van der Waals surface area contributed by atoms with Gasteiger partial charge in [0.1, 0.15) is 7.85 Å². The van der Waals surface area contributed by atoms with Gasteiger partial charge in [-0.15, -0.1) is 0 Å². The average molecular weight is 222 g/mol. The highest BCUT2D eigenvalue weighted by atomic mass is 16.6. The third kappa shape index (κ3) is 1.55. The van der Waals surface area contributed by atoms with Crippen molar-refractivity contribution >= 4 is 7.85 Å². The Bertz CT molecular complexity index is 267. The van der Waals surface area contributed by atoms with E-state index >= 15 is 0 Å². The lowest BCUT2D eigenvalue weighted by Gasteiger charge is -2.40. The Morgan fingerprint density at radius 3 is 2.25 bits per heavy atom. The molecule has 0 aromatic carbocycles. The number of hydrogen-bond donors (Lipinski definition) is 0. The minimum atomic E-state index is -0.234. The maximum Gasteiger partial charge on any atom is 0.112 e. The molecule has 0 aliphatic carbocycles. The van der Waals surface area contributed by atoms with Crippen molar-refractivity contribution in [2.45, 2.75) is 52.3 Å². The van der Waals surface area contributed by atoms with Crippen LogP contribution in [0.4, 0.5) is 0 Å². The second-order valence-electron chi connectivity index (χ2n) is 6.12. The van der Waals surface area contributed by atoms with Crippen LogP contribution in [-0.2, 0) is 9.47 Å². The SMILES string of the molecule is [B][C@@H]1O[C@@]2(C(C)C(C)C)CO[C@H]1C2C(C)C. The van der Waals surface area contributed by atoms with Gasteiger partial charge in [0.15, 0.2) is 0 Å². The van der Waals surface area contributed by atoms with Crippen molar-refractivity contribution in [1.82, 2.24) is 0 Å². The zero-order chi connectivity index (χ0) is 12.1. The van der Waals surface area contributed by atoms with E-state index in [0.717, 1.165) is 0 Å². The van der Waals surface area contributed by atoms with Crippen LogP contribution in [0.15, 0.2) is 0 Å². The third-order valence-electron chi connectivity index (χ3n) is 4.59. The summed E-state index contributed by atoms with van der Waals surface area (Å²) in [5.74, 6) is 2.08. The van der Waals surface area contributed by atoms with E-state index in [9.17, 15) is 0 Å². The summed E-state index contributed by atoms with van der Waals surface area (Å²) in [7, 11) is 6.02. The zero-order valence-corrected chi connectivity index (χ0v) is 11.1. The number of ether oxygens (including phenoxy) is 2. The first-order valence-electron chi connectivity index (χ1n) is 6.45. The standard InChI is InChI=1S/C13H23BO2/c1-7(2)9(5)13-6-15-11(12(14)16-13)10(13)8(3)4/h7-12H,6H2,1-5H3/t9?,10?,11-,12+,13+/m0/s1. The lowest BCUT2D eigenvalue weighted by Crippen LogP contribution is -2.47. The first-order chi connectivity index (χ1) is 7.40. The molecule has 2 nitrogen and oxygen atoms in total. The smallest absolute Gasteiger partial charge is 0.112 e. The van der Waals surface area contributed by atoms with Crippen LogP contribution in [-0.4, -0.2) is 32.2 Å². The summed E-state index contributed by atoms with van der Waals surface area (Å²) in [6.07, 6.45) is 0.0983. The van der Waals surface area contributed by atoms with E-state index in [4.69, 9.17) is 17.3 Å². The van der Waals surface area contributed by atoms with Crippen molar-refractivity contribution < 1.29 is 9.47 Å². The lowest BCUT2D eigenvalue weighted by molar-refractivity contribution is -0.146. The van der Waals surface area contributed by atoms with Crippen LogP contribution in [0.3, 0.4) is 0 Å². The fourth-order valence-corrected chi connectivity index (χ4v) is 3.49. The Morgan fingerprint density at radius 1 is 1.19 bits per heavy atom. The van der Waals surface area contributed by atoms with Gasteiger partial charge >= 0.3 is 0 Å². The second kappa shape index (κ2) is 4.02. The molecule has 0 amide bonds. The minimum Gasteiger partial charge on any atom is -0.376 e. The topological polar surface area (TPSA) is 18.5 Å². The number of fused-ring (bicyclic) bond motifs is 2. The first kappa shape index (κ1) is 12.4. The van der Waals surface area contributed by atoms with Crippen LogP contribution < -0.4 is 0 Å². The Hall–Kier alpha value is -0.0151. The quantitative estimate of drug-likeness (QED) is 0.681.